The highest BCUT2D eigenvalue weighted by Gasteiger charge is 2.48. The van der Waals surface area contributed by atoms with Gasteiger partial charge in [0.15, 0.2) is 6.29 Å². The molecule has 1 amide bonds. The van der Waals surface area contributed by atoms with Gasteiger partial charge in [0, 0.05) is 0 Å². The molecule has 0 saturated carbocycles. The molecule has 5 atom stereocenters. The van der Waals surface area contributed by atoms with Crippen LogP contribution >= 0.6 is 7.60 Å². The molecule has 13 heteroatoms. The van der Waals surface area contributed by atoms with Crippen molar-refractivity contribution in [3.63, 3.8) is 0 Å². The second-order valence-electron chi connectivity index (χ2n) is 4.72. The van der Waals surface area contributed by atoms with Crippen LogP contribution in [0.4, 0.5) is 13.2 Å². The molecule has 1 aliphatic rings. The number of hydrogen-bond acceptors (Lipinski definition) is 6. The van der Waals surface area contributed by atoms with Crippen LogP contribution in [0.25, 0.3) is 0 Å². The van der Waals surface area contributed by atoms with Gasteiger partial charge in [0.25, 0.3) is 0 Å². The van der Waals surface area contributed by atoms with Crippen LogP contribution in [-0.4, -0.2) is 74.0 Å². The summed E-state index contributed by atoms with van der Waals surface area (Å²) in [6.07, 6.45) is -13.8. The number of carbonyl (C=O) groups is 1. The highest BCUT2D eigenvalue weighted by atomic mass is 31.2. The standard InChI is InChI=1S/C9H15F3NO8P/c10-9(11,12)8(17)13-4-6(15)5(14)3(21-7(4)16)1-2-22(18,19)20/h3-7,14-16H,1-2H2,(H,13,17)(H2,18,19,20)/t3-,4+,5-,6-,7?/m1/s1. The lowest BCUT2D eigenvalue weighted by molar-refractivity contribution is -0.250. The Balaban J connectivity index is 2.72. The van der Waals surface area contributed by atoms with Crippen molar-refractivity contribution in [1.82, 2.24) is 5.32 Å². The van der Waals surface area contributed by atoms with Crippen LogP contribution in [0.15, 0.2) is 0 Å². The van der Waals surface area contributed by atoms with Crippen LogP contribution in [-0.2, 0) is 14.1 Å². The summed E-state index contributed by atoms with van der Waals surface area (Å²) in [5, 5.41) is 30.1. The quantitative estimate of drug-likeness (QED) is 0.318. The molecule has 6 N–H and O–H groups in total. The maximum atomic E-state index is 12.1. The summed E-state index contributed by atoms with van der Waals surface area (Å²) in [4.78, 5) is 28.2. The molecule has 0 aliphatic carbocycles. The Hall–Kier alpha value is -0.750. The molecule has 0 aromatic rings. The topological polar surface area (TPSA) is 157 Å². The van der Waals surface area contributed by atoms with Crippen LogP contribution in [0.1, 0.15) is 6.42 Å². The van der Waals surface area contributed by atoms with Gasteiger partial charge in [0.05, 0.1) is 12.3 Å². The third-order valence-corrected chi connectivity index (χ3v) is 3.82. The molecule has 0 bridgehead atoms. The zero-order valence-corrected chi connectivity index (χ0v) is 11.7. The first-order valence-corrected chi connectivity index (χ1v) is 7.74. The summed E-state index contributed by atoms with van der Waals surface area (Å²) in [6.45, 7) is 0. The van der Waals surface area contributed by atoms with E-state index in [0.717, 1.165) is 0 Å². The Morgan fingerprint density at radius 1 is 1.18 bits per heavy atom. The molecule has 22 heavy (non-hydrogen) atoms. The van der Waals surface area contributed by atoms with Gasteiger partial charge in [-0.05, 0) is 6.42 Å². The van der Waals surface area contributed by atoms with Gasteiger partial charge in [-0.1, -0.05) is 0 Å². The molecule has 1 saturated heterocycles. The number of carbonyl (C=O) groups excluding carboxylic acids is 1. The van der Waals surface area contributed by atoms with Crippen LogP contribution < -0.4 is 5.32 Å². The van der Waals surface area contributed by atoms with Crippen LogP contribution in [0, 0.1) is 0 Å². The van der Waals surface area contributed by atoms with E-state index in [1.807, 2.05) is 0 Å². The van der Waals surface area contributed by atoms with Crippen molar-refractivity contribution in [3.8, 4) is 0 Å². The Morgan fingerprint density at radius 3 is 2.18 bits per heavy atom. The fourth-order valence-corrected chi connectivity index (χ4v) is 2.46. The molecule has 1 rings (SSSR count). The van der Waals surface area contributed by atoms with Gasteiger partial charge in [0.1, 0.15) is 18.2 Å². The lowest BCUT2D eigenvalue weighted by Gasteiger charge is -2.41. The predicted octanol–water partition coefficient (Wildman–Crippen LogP) is -1.96. The predicted molar refractivity (Wildman–Crippen MR) is 62.4 cm³/mol. The Bertz CT molecular complexity index is 455. The third kappa shape index (κ3) is 5.16. The zero-order valence-electron chi connectivity index (χ0n) is 10.8. The van der Waals surface area contributed by atoms with E-state index in [0.29, 0.717) is 0 Å². The molecule has 1 heterocycles. The summed E-state index contributed by atoms with van der Waals surface area (Å²) in [5.41, 5.74) is 0. The van der Waals surface area contributed by atoms with Crippen molar-refractivity contribution >= 4 is 13.5 Å². The number of aliphatic hydroxyl groups is 3. The van der Waals surface area contributed by atoms with E-state index >= 15 is 0 Å². The van der Waals surface area contributed by atoms with Crippen molar-refractivity contribution in [2.75, 3.05) is 6.16 Å². The molecule has 1 aliphatic heterocycles. The summed E-state index contributed by atoms with van der Waals surface area (Å²) < 4.78 is 51.8. The summed E-state index contributed by atoms with van der Waals surface area (Å²) in [6, 6.07) is -1.95. The Morgan fingerprint density at radius 2 is 1.73 bits per heavy atom. The van der Waals surface area contributed by atoms with E-state index in [4.69, 9.17) is 14.5 Å². The van der Waals surface area contributed by atoms with Crippen molar-refractivity contribution in [2.24, 2.45) is 0 Å². The molecule has 130 valence electrons. The molecule has 9 nitrogen and oxygen atoms in total. The zero-order chi connectivity index (χ0) is 17.3. The number of aliphatic hydroxyl groups excluding tert-OH is 3. The number of alkyl halides is 3. The Kier molecular flexibility index (Phi) is 5.95. The summed E-state index contributed by atoms with van der Waals surface area (Å²) in [7, 11) is -4.43. The van der Waals surface area contributed by atoms with E-state index in [1.165, 1.54) is 5.32 Å². The number of ether oxygens (including phenoxy) is 1. The van der Waals surface area contributed by atoms with Gasteiger partial charge < -0.3 is 35.2 Å². The molecule has 0 spiro atoms. The monoisotopic (exact) mass is 353 g/mol. The average molecular weight is 353 g/mol. The fraction of sp³-hybridized carbons (Fsp3) is 0.889. The molecule has 1 unspecified atom stereocenters. The smallest absolute Gasteiger partial charge is 0.388 e. The molecular formula is C9H15F3NO8P. The number of amides is 1. The molecule has 0 aromatic carbocycles. The van der Waals surface area contributed by atoms with E-state index in [9.17, 15) is 37.9 Å². The molecule has 0 radical (unpaired) electrons. The van der Waals surface area contributed by atoms with Gasteiger partial charge in [-0.2, -0.15) is 13.2 Å². The number of halogens is 3. The van der Waals surface area contributed by atoms with Crippen LogP contribution in [0.2, 0.25) is 0 Å². The maximum Gasteiger partial charge on any atom is 0.471 e. The minimum Gasteiger partial charge on any atom is -0.388 e. The van der Waals surface area contributed by atoms with Crippen LogP contribution in [0.5, 0.6) is 0 Å². The van der Waals surface area contributed by atoms with Crippen LogP contribution in [0.3, 0.4) is 0 Å². The SMILES string of the molecule is O=C(N[C@@H]1C(O)O[C@H](CCP(=O)(O)O)[C@@H](O)[C@@H]1O)C(F)(F)F. The lowest BCUT2D eigenvalue weighted by Crippen LogP contribution is -2.64. The lowest BCUT2D eigenvalue weighted by atomic mass is 9.95. The van der Waals surface area contributed by atoms with E-state index in [2.05, 4.69) is 0 Å². The van der Waals surface area contributed by atoms with Gasteiger partial charge in [0.2, 0.25) is 0 Å². The second kappa shape index (κ2) is 6.79. The molecule has 1 fully saturated rings. The maximum absolute atomic E-state index is 12.1. The van der Waals surface area contributed by atoms with E-state index < -0.39 is 62.9 Å². The van der Waals surface area contributed by atoms with Gasteiger partial charge in [-0.15, -0.1) is 0 Å². The first kappa shape index (κ1) is 19.3. The first-order valence-electron chi connectivity index (χ1n) is 5.95. The fourth-order valence-electron chi connectivity index (χ4n) is 1.87. The third-order valence-electron chi connectivity index (χ3n) is 2.98. The van der Waals surface area contributed by atoms with Gasteiger partial charge in [-0.3, -0.25) is 9.36 Å². The van der Waals surface area contributed by atoms with Gasteiger partial charge >= 0.3 is 19.7 Å². The highest BCUT2D eigenvalue weighted by molar-refractivity contribution is 7.51. The van der Waals surface area contributed by atoms with Crippen molar-refractivity contribution in [3.05, 3.63) is 0 Å². The van der Waals surface area contributed by atoms with E-state index in [-0.39, 0.29) is 0 Å². The molecule has 0 aromatic heterocycles. The second-order valence-corrected chi connectivity index (χ2v) is 6.50. The normalized spacial score (nSPS) is 33.5. The average Bonchev–Trinajstić information content (AvgIpc) is 2.34. The summed E-state index contributed by atoms with van der Waals surface area (Å²) >= 11 is 0. The minimum atomic E-state index is -5.26. The molecular weight excluding hydrogens is 338 g/mol. The van der Waals surface area contributed by atoms with Crippen molar-refractivity contribution in [2.45, 2.75) is 43.2 Å². The van der Waals surface area contributed by atoms with Gasteiger partial charge in [-0.25, -0.2) is 0 Å². The first-order chi connectivity index (χ1) is 9.83. The number of nitrogens with one attached hydrogen (secondary N) is 1. The van der Waals surface area contributed by atoms with Crippen molar-refractivity contribution in [1.29, 1.82) is 0 Å². The largest absolute Gasteiger partial charge is 0.471 e. The number of hydrogen-bond donors (Lipinski definition) is 6. The van der Waals surface area contributed by atoms with E-state index in [1.54, 1.807) is 0 Å². The minimum absolute atomic E-state index is 0.459. The highest BCUT2D eigenvalue weighted by Crippen LogP contribution is 2.37. The number of rotatable bonds is 4. The summed E-state index contributed by atoms with van der Waals surface area (Å²) in [5.74, 6) is -2.44. The Labute approximate surface area is 121 Å². The van der Waals surface area contributed by atoms with Crippen molar-refractivity contribution < 1.29 is 52.4 Å².